The molecule has 5 nitrogen and oxygen atoms in total. The number of rotatable bonds is 6. The van der Waals surface area contributed by atoms with Crippen LogP contribution in [0, 0.1) is 5.92 Å². The molecule has 25 heavy (non-hydrogen) atoms. The highest BCUT2D eigenvalue weighted by atomic mass is 16.5. The zero-order chi connectivity index (χ0) is 18.6. The van der Waals surface area contributed by atoms with Crippen molar-refractivity contribution in [3.05, 3.63) is 59.7 Å². The molecule has 2 aromatic rings. The molecule has 2 aromatic carbocycles. The Labute approximate surface area is 147 Å². The van der Waals surface area contributed by atoms with E-state index in [1.54, 1.807) is 69.6 Å². The molecule has 2 atom stereocenters. The third-order valence-electron chi connectivity index (χ3n) is 4.29. The summed E-state index contributed by atoms with van der Waals surface area (Å²) in [4.78, 5) is 25.5. The number of carbonyl (C=O) groups excluding carboxylic acids is 2. The third-order valence-corrected chi connectivity index (χ3v) is 4.29. The van der Waals surface area contributed by atoms with Crippen LogP contribution in [-0.2, 0) is 4.79 Å². The average molecular weight is 341 g/mol. The van der Waals surface area contributed by atoms with Crippen molar-refractivity contribution in [3.63, 3.8) is 0 Å². The van der Waals surface area contributed by atoms with Crippen molar-refractivity contribution in [3.8, 4) is 5.75 Å². The number of methoxy groups -OCH3 is 1. The molecule has 1 N–H and O–H groups in total. The number of anilines is 1. The highest BCUT2D eigenvalue weighted by Gasteiger charge is 2.27. The Kier molecular flexibility index (Phi) is 5.93. The van der Waals surface area contributed by atoms with Gasteiger partial charge in [-0.3, -0.25) is 9.59 Å². The zero-order valence-electron chi connectivity index (χ0n) is 14.9. The second-order valence-electron chi connectivity index (χ2n) is 6.01. The summed E-state index contributed by atoms with van der Waals surface area (Å²) < 4.78 is 5.18. The first-order valence-corrected chi connectivity index (χ1v) is 8.05. The number of aliphatic hydroxyl groups is 1. The standard InChI is InChI=1S/C20H23NO4/c1-13(19(23)16-10-8-15(9-11-16)14(2)22)20(24)21(3)17-6-5-7-18(12-17)25-4/h5-13,19,23H,1-4H3/t13-,19+/m0/s1. The largest absolute Gasteiger partial charge is 0.497 e. The second-order valence-corrected chi connectivity index (χ2v) is 6.01. The Hall–Kier alpha value is -2.66. The van der Waals surface area contributed by atoms with Crippen LogP contribution in [0.4, 0.5) is 5.69 Å². The van der Waals surface area contributed by atoms with Crippen LogP contribution in [-0.4, -0.2) is 31.0 Å². The third kappa shape index (κ3) is 4.25. The number of ether oxygens (including phenoxy) is 1. The molecule has 0 aliphatic heterocycles. The molecule has 0 aliphatic rings. The molecule has 2 rings (SSSR count). The molecule has 0 aliphatic carbocycles. The van der Waals surface area contributed by atoms with Gasteiger partial charge < -0.3 is 14.7 Å². The highest BCUT2D eigenvalue weighted by molar-refractivity contribution is 5.95. The van der Waals surface area contributed by atoms with Crippen molar-refractivity contribution < 1.29 is 19.4 Å². The van der Waals surface area contributed by atoms with Crippen molar-refractivity contribution in [1.82, 2.24) is 0 Å². The van der Waals surface area contributed by atoms with Crippen molar-refractivity contribution in [2.75, 3.05) is 19.1 Å². The number of aliphatic hydroxyl groups excluding tert-OH is 1. The summed E-state index contributed by atoms with van der Waals surface area (Å²) >= 11 is 0. The topological polar surface area (TPSA) is 66.8 Å². The minimum Gasteiger partial charge on any atom is -0.497 e. The maximum atomic E-state index is 12.7. The lowest BCUT2D eigenvalue weighted by molar-refractivity contribution is -0.125. The Morgan fingerprint density at radius 2 is 1.76 bits per heavy atom. The molecule has 5 heteroatoms. The zero-order valence-corrected chi connectivity index (χ0v) is 14.9. The van der Waals surface area contributed by atoms with Gasteiger partial charge in [0.15, 0.2) is 5.78 Å². The van der Waals surface area contributed by atoms with Crippen LogP contribution in [0.2, 0.25) is 0 Å². The van der Waals surface area contributed by atoms with Gasteiger partial charge in [0.25, 0.3) is 0 Å². The van der Waals surface area contributed by atoms with Gasteiger partial charge in [-0.15, -0.1) is 0 Å². The van der Waals surface area contributed by atoms with Gasteiger partial charge in [-0.25, -0.2) is 0 Å². The van der Waals surface area contributed by atoms with Crippen LogP contribution in [0.5, 0.6) is 5.75 Å². The van der Waals surface area contributed by atoms with Crippen LogP contribution in [0.3, 0.4) is 0 Å². The highest BCUT2D eigenvalue weighted by Crippen LogP contribution is 2.27. The summed E-state index contributed by atoms with van der Waals surface area (Å²) in [5.74, 6) is -0.233. The van der Waals surface area contributed by atoms with Gasteiger partial charge in [0.2, 0.25) is 5.91 Å². The summed E-state index contributed by atoms with van der Waals surface area (Å²) in [6.07, 6.45) is -0.957. The Bertz CT molecular complexity index is 755. The fraction of sp³-hybridized carbons (Fsp3) is 0.300. The molecule has 0 heterocycles. The number of hydrogen-bond donors (Lipinski definition) is 1. The predicted molar refractivity (Wildman–Crippen MR) is 97.0 cm³/mol. The number of carbonyl (C=O) groups is 2. The van der Waals surface area contributed by atoms with E-state index in [-0.39, 0.29) is 11.7 Å². The second kappa shape index (κ2) is 7.94. The lowest BCUT2D eigenvalue weighted by Crippen LogP contribution is -2.34. The van der Waals surface area contributed by atoms with E-state index in [0.717, 1.165) is 0 Å². The SMILES string of the molecule is COc1cccc(N(C)C(=O)[C@@H](C)[C@@H](O)c2ccc(C(C)=O)cc2)c1. The van der Waals surface area contributed by atoms with Gasteiger partial charge in [-0.1, -0.05) is 37.3 Å². The van der Waals surface area contributed by atoms with E-state index in [9.17, 15) is 14.7 Å². The van der Waals surface area contributed by atoms with Gasteiger partial charge in [-0.2, -0.15) is 0 Å². The summed E-state index contributed by atoms with van der Waals surface area (Å²) in [7, 11) is 3.23. The number of hydrogen-bond acceptors (Lipinski definition) is 4. The van der Waals surface area contributed by atoms with Crippen LogP contribution in [0.25, 0.3) is 0 Å². The molecule has 0 bridgehead atoms. The molecule has 0 saturated carbocycles. The number of benzene rings is 2. The smallest absolute Gasteiger partial charge is 0.232 e. The maximum absolute atomic E-state index is 12.7. The molecule has 0 spiro atoms. The lowest BCUT2D eigenvalue weighted by atomic mass is 9.95. The van der Waals surface area contributed by atoms with Gasteiger partial charge >= 0.3 is 0 Å². The van der Waals surface area contributed by atoms with Gasteiger partial charge in [0.05, 0.1) is 19.1 Å². The fourth-order valence-electron chi connectivity index (χ4n) is 2.59. The molecule has 0 fully saturated rings. The van der Waals surface area contributed by atoms with Crippen molar-refractivity contribution in [1.29, 1.82) is 0 Å². The Balaban J connectivity index is 2.15. The first-order valence-electron chi connectivity index (χ1n) is 8.05. The molecular weight excluding hydrogens is 318 g/mol. The van der Waals surface area contributed by atoms with Gasteiger partial charge in [0.1, 0.15) is 5.75 Å². The minimum atomic E-state index is -0.957. The number of nitrogens with zero attached hydrogens (tertiary/aromatic N) is 1. The Morgan fingerprint density at radius 1 is 1.12 bits per heavy atom. The van der Waals surface area contributed by atoms with Gasteiger partial charge in [0, 0.05) is 24.4 Å². The van der Waals surface area contributed by atoms with Crippen LogP contribution < -0.4 is 9.64 Å². The summed E-state index contributed by atoms with van der Waals surface area (Å²) in [6, 6.07) is 13.8. The van der Waals surface area contributed by atoms with E-state index < -0.39 is 12.0 Å². The minimum absolute atomic E-state index is 0.0390. The number of Topliss-reactive ketones (excluding diaryl/α,β-unsaturated/α-hetero) is 1. The van der Waals surface area contributed by atoms with Crippen LogP contribution in [0.1, 0.15) is 35.9 Å². The van der Waals surface area contributed by atoms with Crippen LogP contribution >= 0.6 is 0 Å². The predicted octanol–water partition coefficient (Wildman–Crippen LogP) is 3.23. The molecule has 0 radical (unpaired) electrons. The van der Waals surface area contributed by atoms with Crippen molar-refractivity contribution in [2.24, 2.45) is 5.92 Å². The maximum Gasteiger partial charge on any atom is 0.232 e. The number of ketones is 1. The van der Waals surface area contributed by atoms with E-state index in [1.807, 2.05) is 0 Å². The average Bonchev–Trinajstić information content (AvgIpc) is 2.65. The van der Waals surface area contributed by atoms with Crippen molar-refractivity contribution >= 4 is 17.4 Å². The van der Waals surface area contributed by atoms with E-state index in [1.165, 1.54) is 11.8 Å². The number of amides is 1. The molecule has 0 unspecified atom stereocenters. The van der Waals surface area contributed by atoms with E-state index in [2.05, 4.69) is 0 Å². The van der Waals surface area contributed by atoms with Crippen LogP contribution in [0.15, 0.2) is 48.5 Å². The molecular formula is C20H23NO4. The van der Waals surface area contributed by atoms with Gasteiger partial charge in [-0.05, 0) is 24.6 Å². The molecule has 0 aromatic heterocycles. The van der Waals surface area contributed by atoms with E-state index in [4.69, 9.17) is 4.74 Å². The molecule has 0 saturated heterocycles. The lowest BCUT2D eigenvalue weighted by Gasteiger charge is -2.25. The Morgan fingerprint density at radius 3 is 2.32 bits per heavy atom. The summed E-state index contributed by atoms with van der Waals surface area (Å²) in [5, 5.41) is 10.5. The van der Waals surface area contributed by atoms with Crippen molar-refractivity contribution in [2.45, 2.75) is 20.0 Å². The fourth-order valence-corrected chi connectivity index (χ4v) is 2.59. The van der Waals surface area contributed by atoms with E-state index >= 15 is 0 Å². The molecule has 1 amide bonds. The normalized spacial score (nSPS) is 13.0. The van der Waals surface area contributed by atoms with E-state index in [0.29, 0.717) is 22.6 Å². The monoisotopic (exact) mass is 341 g/mol. The molecule has 132 valence electrons. The first-order chi connectivity index (χ1) is 11.8. The summed E-state index contributed by atoms with van der Waals surface area (Å²) in [6.45, 7) is 3.17. The first kappa shape index (κ1) is 18.7. The quantitative estimate of drug-likeness (QED) is 0.819. The summed E-state index contributed by atoms with van der Waals surface area (Å²) in [5.41, 5.74) is 1.86.